The number of allylic oxidation sites excluding steroid dienone is 2. The van der Waals surface area contributed by atoms with Gasteiger partial charge in [-0.15, -0.1) is 0 Å². The third-order valence-corrected chi connectivity index (χ3v) is 5.30. The second kappa shape index (κ2) is 5.38. The van der Waals surface area contributed by atoms with Gasteiger partial charge in [-0.2, -0.15) is 0 Å². The monoisotopic (exact) mass is 304 g/mol. The number of aryl methyl sites for hydroxylation is 1. The van der Waals surface area contributed by atoms with Crippen LogP contribution in [0.15, 0.2) is 54.3 Å². The first-order valence-corrected chi connectivity index (χ1v) is 8.29. The Morgan fingerprint density at radius 1 is 0.957 bits per heavy atom. The number of Topliss-reactive ketones (excluding diaryl/α,β-unsaturated/α-hetero) is 1. The van der Waals surface area contributed by atoms with E-state index in [1.807, 2.05) is 37.3 Å². The van der Waals surface area contributed by atoms with Gasteiger partial charge in [0.1, 0.15) is 5.76 Å². The fraction of sp³-hybridized carbons (Fsp3) is 0.286. The second-order valence-electron chi connectivity index (χ2n) is 6.73. The van der Waals surface area contributed by atoms with Gasteiger partial charge in [-0.25, -0.2) is 0 Å². The summed E-state index contributed by atoms with van der Waals surface area (Å²) in [5.41, 5.74) is 4.81. The van der Waals surface area contributed by atoms with E-state index in [1.165, 1.54) is 0 Å². The Balaban J connectivity index is 1.79. The topological polar surface area (TPSA) is 37.3 Å². The summed E-state index contributed by atoms with van der Waals surface area (Å²) in [6.07, 6.45) is 2.68. The first-order chi connectivity index (χ1) is 11.1. The molecule has 0 radical (unpaired) electrons. The molecule has 2 aliphatic carbocycles. The molecule has 0 spiro atoms. The number of carbonyl (C=O) groups is 1. The Bertz CT molecular complexity index is 802. The zero-order valence-corrected chi connectivity index (χ0v) is 13.3. The summed E-state index contributed by atoms with van der Waals surface area (Å²) in [6.45, 7) is 2.02. The minimum atomic E-state index is 0.110. The summed E-state index contributed by atoms with van der Waals surface area (Å²) in [7, 11) is 0. The van der Waals surface area contributed by atoms with E-state index < -0.39 is 0 Å². The minimum absolute atomic E-state index is 0.110. The number of aliphatic hydroxyl groups excluding tert-OH is 1. The normalized spacial score (nSPS) is 23.4. The molecule has 0 heterocycles. The summed E-state index contributed by atoms with van der Waals surface area (Å²) in [5, 5.41) is 10.5. The maximum Gasteiger partial charge on any atom is 0.169 e. The second-order valence-corrected chi connectivity index (χ2v) is 6.73. The molecule has 2 atom stereocenters. The fourth-order valence-electron chi connectivity index (χ4n) is 4.03. The molecule has 2 nitrogen and oxygen atoms in total. The lowest BCUT2D eigenvalue weighted by Crippen LogP contribution is -2.21. The Hall–Kier alpha value is -2.35. The molecule has 0 aromatic heterocycles. The number of hydrogen-bond donors (Lipinski definition) is 1. The molecule has 4 rings (SSSR count). The number of ketones is 1. The van der Waals surface area contributed by atoms with Gasteiger partial charge >= 0.3 is 0 Å². The van der Waals surface area contributed by atoms with Crippen molar-refractivity contribution >= 4 is 11.4 Å². The van der Waals surface area contributed by atoms with Crippen molar-refractivity contribution in [2.45, 2.75) is 26.2 Å². The Kier molecular flexibility index (Phi) is 3.33. The van der Waals surface area contributed by atoms with Gasteiger partial charge in [-0.05, 0) is 48.4 Å². The highest BCUT2D eigenvalue weighted by Crippen LogP contribution is 2.45. The maximum absolute atomic E-state index is 12.7. The Morgan fingerprint density at radius 3 is 2.43 bits per heavy atom. The van der Waals surface area contributed by atoms with Gasteiger partial charge in [-0.3, -0.25) is 4.79 Å². The van der Waals surface area contributed by atoms with Gasteiger partial charge in [0.25, 0.3) is 0 Å². The van der Waals surface area contributed by atoms with Crippen molar-refractivity contribution in [2.75, 3.05) is 0 Å². The van der Waals surface area contributed by atoms with Gasteiger partial charge < -0.3 is 5.11 Å². The Labute approximate surface area is 136 Å². The molecule has 2 aliphatic rings. The van der Waals surface area contributed by atoms with Crippen molar-refractivity contribution in [3.63, 3.8) is 0 Å². The molecule has 2 aromatic carbocycles. The molecule has 1 fully saturated rings. The summed E-state index contributed by atoms with van der Waals surface area (Å²) in [4.78, 5) is 12.7. The molecule has 0 aliphatic heterocycles. The lowest BCUT2D eigenvalue weighted by molar-refractivity contribution is -0.117. The van der Waals surface area contributed by atoms with Crippen molar-refractivity contribution < 1.29 is 9.90 Å². The molecule has 0 saturated heterocycles. The van der Waals surface area contributed by atoms with Crippen molar-refractivity contribution in [1.82, 2.24) is 0 Å². The van der Waals surface area contributed by atoms with Crippen LogP contribution in [-0.4, -0.2) is 10.9 Å². The lowest BCUT2D eigenvalue weighted by Gasteiger charge is -2.23. The smallest absolute Gasteiger partial charge is 0.169 e. The molecule has 116 valence electrons. The van der Waals surface area contributed by atoms with Crippen molar-refractivity contribution in [3.05, 3.63) is 65.4 Å². The van der Waals surface area contributed by atoms with Crippen molar-refractivity contribution in [1.29, 1.82) is 0 Å². The van der Waals surface area contributed by atoms with Crippen LogP contribution in [0.4, 0.5) is 0 Å². The van der Waals surface area contributed by atoms with Crippen molar-refractivity contribution in [2.24, 2.45) is 11.8 Å². The summed E-state index contributed by atoms with van der Waals surface area (Å²) < 4.78 is 0. The largest absolute Gasteiger partial charge is 0.511 e. The first kappa shape index (κ1) is 14.3. The fourth-order valence-corrected chi connectivity index (χ4v) is 4.03. The number of fused-ring (bicyclic) bond motifs is 2. The predicted octanol–water partition coefficient (Wildman–Crippen LogP) is 4.93. The summed E-state index contributed by atoms with van der Waals surface area (Å²) in [6, 6.07) is 16.4. The number of carbonyl (C=O) groups excluding carboxylic acids is 1. The van der Waals surface area contributed by atoms with E-state index in [9.17, 15) is 9.90 Å². The molecule has 1 N–H and O–H groups in total. The summed E-state index contributed by atoms with van der Waals surface area (Å²) >= 11 is 0. The van der Waals surface area contributed by atoms with Gasteiger partial charge in [0, 0.05) is 11.8 Å². The number of hydrogen-bond acceptors (Lipinski definition) is 2. The van der Waals surface area contributed by atoms with Crippen molar-refractivity contribution in [3.8, 4) is 11.1 Å². The van der Waals surface area contributed by atoms with Gasteiger partial charge in [0.15, 0.2) is 5.78 Å². The van der Waals surface area contributed by atoms with Crippen LogP contribution >= 0.6 is 0 Å². The number of aliphatic hydroxyl groups is 1. The highest BCUT2D eigenvalue weighted by atomic mass is 16.3. The number of rotatable bonds is 2. The first-order valence-electron chi connectivity index (χ1n) is 8.29. The van der Waals surface area contributed by atoms with Crippen LogP contribution in [0.2, 0.25) is 0 Å². The van der Waals surface area contributed by atoms with E-state index in [1.54, 1.807) is 0 Å². The molecule has 2 unspecified atom stereocenters. The average Bonchev–Trinajstić information content (AvgIpc) is 3.03. The van der Waals surface area contributed by atoms with Crippen LogP contribution in [0.1, 0.15) is 30.4 Å². The third kappa shape index (κ3) is 2.29. The van der Waals surface area contributed by atoms with Gasteiger partial charge in [0.2, 0.25) is 0 Å². The minimum Gasteiger partial charge on any atom is -0.511 e. The SMILES string of the molecule is Cc1cc(-c2ccccc2)ccc1C1=C(O)C2CCC(C2)C1=O. The average molecular weight is 304 g/mol. The van der Waals surface area contributed by atoms with Crippen LogP contribution < -0.4 is 0 Å². The van der Waals surface area contributed by atoms with E-state index in [0.29, 0.717) is 11.3 Å². The number of benzene rings is 2. The maximum atomic E-state index is 12.7. The zero-order chi connectivity index (χ0) is 16.0. The zero-order valence-electron chi connectivity index (χ0n) is 13.3. The molecule has 1 saturated carbocycles. The van der Waals surface area contributed by atoms with E-state index in [-0.39, 0.29) is 17.6 Å². The third-order valence-electron chi connectivity index (χ3n) is 5.30. The van der Waals surface area contributed by atoms with E-state index >= 15 is 0 Å². The van der Waals surface area contributed by atoms with Crippen LogP contribution in [0.3, 0.4) is 0 Å². The quantitative estimate of drug-likeness (QED) is 0.854. The molecular weight excluding hydrogens is 284 g/mol. The molecule has 2 aromatic rings. The highest BCUT2D eigenvalue weighted by molar-refractivity contribution is 6.23. The van der Waals surface area contributed by atoms with E-state index in [0.717, 1.165) is 41.5 Å². The Morgan fingerprint density at radius 2 is 1.70 bits per heavy atom. The van der Waals surface area contributed by atoms with E-state index in [2.05, 4.69) is 18.2 Å². The van der Waals surface area contributed by atoms with Crippen LogP contribution in [-0.2, 0) is 4.79 Å². The lowest BCUT2D eigenvalue weighted by atomic mass is 9.82. The standard InChI is InChI=1S/C21H20O2/c1-13-11-15(14-5-3-2-4-6-14)9-10-18(13)19-20(22)16-7-8-17(12-16)21(19)23/h2-6,9-11,16-17,22H,7-8,12H2,1H3. The molecule has 0 amide bonds. The predicted molar refractivity (Wildman–Crippen MR) is 92.0 cm³/mol. The van der Waals surface area contributed by atoms with E-state index in [4.69, 9.17) is 0 Å². The van der Waals surface area contributed by atoms with Crippen LogP contribution in [0, 0.1) is 18.8 Å². The van der Waals surface area contributed by atoms with Gasteiger partial charge in [0.05, 0.1) is 5.57 Å². The molecular formula is C21H20O2. The highest BCUT2D eigenvalue weighted by Gasteiger charge is 2.41. The molecule has 2 heteroatoms. The van der Waals surface area contributed by atoms with Crippen LogP contribution in [0.25, 0.3) is 16.7 Å². The van der Waals surface area contributed by atoms with Gasteiger partial charge in [-0.1, -0.05) is 48.5 Å². The molecule has 2 bridgehead atoms. The summed E-state index contributed by atoms with van der Waals surface area (Å²) in [5.74, 6) is 0.742. The van der Waals surface area contributed by atoms with Crippen LogP contribution in [0.5, 0.6) is 0 Å². The molecule has 23 heavy (non-hydrogen) atoms.